The molecule has 3 N–H and O–H groups in total. The molecule has 0 radical (unpaired) electrons. The first-order valence-corrected chi connectivity index (χ1v) is 10.2. The first-order chi connectivity index (χ1) is 14.6. The average Bonchev–Trinajstić information content (AvgIpc) is 2.99. The largest absolute Gasteiger partial charge is 0.491 e. The van der Waals surface area contributed by atoms with Crippen LogP contribution >= 0.6 is 0 Å². The van der Waals surface area contributed by atoms with Crippen LogP contribution in [0.1, 0.15) is 50.8 Å². The molecule has 168 valence electrons. The van der Waals surface area contributed by atoms with Crippen molar-refractivity contribution in [1.82, 2.24) is 19.9 Å². The van der Waals surface area contributed by atoms with Crippen molar-refractivity contribution >= 4 is 12.2 Å². The van der Waals surface area contributed by atoms with Crippen molar-refractivity contribution in [1.29, 1.82) is 0 Å². The minimum atomic E-state index is -0.828. The number of nitrogens with one attached hydrogen (secondary N) is 2. The Kier molecular flexibility index (Phi) is 6.57. The molecule has 1 aromatic heterocycles. The topological polar surface area (TPSA) is 126 Å². The second kappa shape index (κ2) is 9.15. The third kappa shape index (κ3) is 5.80. The maximum atomic E-state index is 12.5. The molecule has 10 nitrogen and oxygen atoms in total. The summed E-state index contributed by atoms with van der Waals surface area (Å²) in [7, 11) is 0. The van der Waals surface area contributed by atoms with Crippen LogP contribution in [0.4, 0.5) is 9.59 Å². The number of hydrogen-bond donors (Lipinski definition) is 3. The third-order valence-electron chi connectivity index (χ3n) is 4.91. The Labute approximate surface area is 179 Å². The predicted octanol–water partition coefficient (Wildman–Crippen LogP) is 2.33. The summed E-state index contributed by atoms with van der Waals surface area (Å²) in [6.07, 6.45) is 0.115. The van der Waals surface area contributed by atoms with Crippen LogP contribution in [0.2, 0.25) is 0 Å². The lowest BCUT2D eigenvalue weighted by Gasteiger charge is -2.31. The van der Waals surface area contributed by atoms with Gasteiger partial charge < -0.3 is 29.9 Å². The van der Waals surface area contributed by atoms with Gasteiger partial charge in [-0.15, -0.1) is 0 Å². The monoisotopic (exact) mass is 432 g/mol. The number of aromatic nitrogens is 2. The summed E-state index contributed by atoms with van der Waals surface area (Å²) in [5, 5.41) is 12.7. The number of imidazole rings is 1. The molecule has 1 aliphatic rings. The molecule has 10 heteroatoms. The normalized spacial score (nSPS) is 14.9. The number of piperidine rings is 1. The smallest absolute Gasteiger partial charge is 0.434 e. The Balaban J connectivity index is 1.56. The molecule has 0 atom stereocenters. The summed E-state index contributed by atoms with van der Waals surface area (Å²) in [6, 6.07) is 10.1. The first kappa shape index (κ1) is 22.3. The second-order valence-electron chi connectivity index (χ2n) is 8.41. The summed E-state index contributed by atoms with van der Waals surface area (Å²) < 4.78 is 5.58. The fourth-order valence-electron chi connectivity index (χ4n) is 3.39. The van der Waals surface area contributed by atoms with Gasteiger partial charge in [-0.25, -0.2) is 14.4 Å². The zero-order chi connectivity index (χ0) is 22.6. The molecule has 2 aromatic rings. The summed E-state index contributed by atoms with van der Waals surface area (Å²) in [6.45, 7) is 5.89. The molecule has 1 saturated heterocycles. The van der Waals surface area contributed by atoms with E-state index in [1.165, 1.54) is 10.5 Å². The van der Waals surface area contributed by atoms with Gasteiger partial charge in [0.15, 0.2) is 0 Å². The summed E-state index contributed by atoms with van der Waals surface area (Å²) in [5.41, 5.74) is -0.288. The molecule has 31 heavy (non-hydrogen) atoms. The van der Waals surface area contributed by atoms with E-state index in [4.69, 9.17) is 9.57 Å². The molecule has 0 bridgehead atoms. The van der Waals surface area contributed by atoms with Crippen LogP contribution in [-0.2, 0) is 11.3 Å². The van der Waals surface area contributed by atoms with E-state index in [1.807, 2.05) is 18.2 Å². The van der Waals surface area contributed by atoms with Crippen LogP contribution in [0.25, 0.3) is 0 Å². The van der Waals surface area contributed by atoms with E-state index >= 15 is 0 Å². The Bertz CT molecular complexity index is 968. The van der Waals surface area contributed by atoms with Crippen molar-refractivity contribution in [2.24, 2.45) is 0 Å². The summed E-state index contributed by atoms with van der Waals surface area (Å²) in [4.78, 5) is 45.3. The van der Waals surface area contributed by atoms with Gasteiger partial charge in [-0.2, -0.15) is 0 Å². The molecule has 1 aliphatic heterocycles. The van der Waals surface area contributed by atoms with Crippen molar-refractivity contribution in [3.8, 4) is 5.88 Å². The van der Waals surface area contributed by atoms with Crippen molar-refractivity contribution in [2.45, 2.75) is 51.7 Å². The van der Waals surface area contributed by atoms with Crippen LogP contribution in [0, 0.1) is 0 Å². The number of aromatic hydroxyl groups is 1. The zero-order valence-electron chi connectivity index (χ0n) is 17.9. The molecule has 1 aromatic carbocycles. The maximum absolute atomic E-state index is 12.5. The Hall–Kier alpha value is -3.43. The number of aromatic amines is 1. The number of H-pyrrole nitrogens is 1. The molecule has 2 amide bonds. The van der Waals surface area contributed by atoms with Gasteiger partial charge in [0.2, 0.25) is 0 Å². The fourth-order valence-corrected chi connectivity index (χ4v) is 3.39. The quantitative estimate of drug-likeness (QED) is 0.681. The summed E-state index contributed by atoms with van der Waals surface area (Å²) in [5.74, 6) is -0.229. The van der Waals surface area contributed by atoms with Gasteiger partial charge in [0.1, 0.15) is 11.3 Å². The standard InChI is InChI=1S/C21H28N4O6/c1-21(2,3)30-19(28)22-13-16-17(26)25(18(27)23-16)31-20(29)24-11-9-15(10-12-24)14-7-5-4-6-8-14/h4-8,15,26H,9-13H2,1-3H3,(H,22,28)(H,23,27). The molecular weight excluding hydrogens is 404 g/mol. The van der Waals surface area contributed by atoms with Gasteiger partial charge in [0, 0.05) is 13.1 Å². The number of rotatable bonds is 4. The number of nitrogens with zero attached hydrogens (tertiary/aromatic N) is 2. The number of likely N-dealkylation sites (tertiary alicyclic amines) is 1. The lowest BCUT2D eigenvalue weighted by Crippen LogP contribution is -2.43. The number of alkyl carbamates (subject to hydrolysis) is 1. The highest BCUT2D eigenvalue weighted by Gasteiger charge is 2.27. The van der Waals surface area contributed by atoms with Crippen molar-refractivity contribution in [3.63, 3.8) is 0 Å². The van der Waals surface area contributed by atoms with E-state index in [0.29, 0.717) is 23.7 Å². The minimum absolute atomic E-state index is 0.00792. The van der Waals surface area contributed by atoms with Gasteiger partial charge in [-0.1, -0.05) is 35.1 Å². The Morgan fingerprint density at radius 2 is 1.84 bits per heavy atom. The van der Waals surface area contributed by atoms with Gasteiger partial charge >= 0.3 is 17.9 Å². The highest BCUT2D eigenvalue weighted by atomic mass is 16.7. The van der Waals surface area contributed by atoms with Crippen molar-refractivity contribution in [2.75, 3.05) is 13.1 Å². The number of ether oxygens (including phenoxy) is 1. The molecule has 1 fully saturated rings. The zero-order valence-corrected chi connectivity index (χ0v) is 17.9. The molecule has 2 heterocycles. The highest BCUT2D eigenvalue weighted by molar-refractivity contribution is 5.68. The van der Waals surface area contributed by atoms with E-state index in [1.54, 1.807) is 20.8 Å². The highest BCUT2D eigenvalue weighted by Crippen LogP contribution is 2.27. The Morgan fingerprint density at radius 1 is 1.19 bits per heavy atom. The molecular formula is C21H28N4O6. The van der Waals surface area contributed by atoms with Crippen LogP contribution in [0.15, 0.2) is 35.1 Å². The predicted molar refractivity (Wildman–Crippen MR) is 112 cm³/mol. The molecule has 3 rings (SSSR count). The third-order valence-corrected chi connectivity index (χ3v) is 4.91. The van der Waals surface area contributed by atoms with Gasteiger partial charge in [0.05, 0.1) is 6.54 Å². The first-order valence-electron chi connectivity index (χ1n) is 10.2. The van der Waals surface area contributed by atoms with E-state index in [2.05, 4.69) is 22.4 Å². The number of benzene rings is 1. The number of amides is 2. The van der Waals surface area contributed by atoms with E-state index in [0.717, 1.165) is 12.8 Å². The molecule has 0 spiro atoms. The number of carbonyl (C=O) groups is 2. The van der Waals surface area contributed by atoms with E-state index in [-0.39, 0.29) is 12.2 Å². The van der Waals surface area contributed by atoms with Crippen LogP contribution in [0.3, 0.4) is 0 Å². The maximum Gasteiger partial charge on any atom is 0.434 e. The summed E-state index contributed by atoms with van der Waals surface area (Å²) >= 11 is 0. The van der Waals surface area contributed by atoms with Crippen molar-refractivity contribution in [3.05, 3.63) is 52.1 Å². The number of hydrogen-bond acceptors (Lipinski definition) is 6. The van der Waals surface area contributed by atoms with Crippen LogP contribution in [0.5, 0.6) is 5.88 Å². The average molecular weight is 432 g/mol. The Morgan fingerprint density at radius 3 is 2.45 bits per heavy atom. The van der Waals surface area contributed by atoms with Gasteiger partial charge in [-0.3, -0.25) is 0 Å². The minimum Gasteiger partial charge on any atom is -0.491 e. The molecule has 0 unspecified atom stereocenters. The van der Waals surface area contributed by atoms with Crippen LogP contribution < -0.4 is 15.8 Å². The van der Waals surface area contributed by atoms with Crippen molar-refractivity contribution < 1.29 is 24.3 Å². The second-order valence-corrected chi connectivity index (χ2v) is 8.41. The number of carbonyl (C=O) groups excluding carboxylic acids is 2. The van der Waals surface area contributed by atoms with Crippen LogP contribution in [-0.4, -0.2) is 50.6 Å². The lowest BCUT2D eigenvalue weighted by atomic mass is 9.90. The lowest BCUT2D eigenvalue weighted by molar-refractivity contribution is 0.0521. The van der Waals surface area contributed by atoms with Gasteiger partial charge in [0.25, 0.3) is 5.88 Å². The van der Waals surface area contributed by atoms with E-state index in [9.17, 15) is 19.5 Å². The van der Waals surface area contributed by atoms with E-state index < -0.39 is 29.4 Å². The van der Waals surface area contributed by atoms with Gasteiger partial charge in [-0.05, 0) is 45.1 Å². The fraction of sp³-hybridized carbons (Fsp3) is 0.476. The molecule has 0 saturated carbocycles. The SMILES string of the molecule is CC(C)(C)OC(=O)NCc1[nH]c(=O)n(OC(=O)N2CCC(c3ccccc3)CC2)c1O. The molecule has 0 aliphatic carbocycles.